The van der Waals surface area contributed by atoms with Crippen molar-refractivity contribution in [3.05, 3.63) is 176 Å². The Labute approximate surface area is 284 Å². The molecule has 0 saturated carbocycles. The summed E-state index contributed by atoms with van der Waals surface area (Å²) in [7, 11) is 0. The van der Waals surface area contributed by atoms with E-state index in [0.29, 0.717) is 0 Å². The first-order valence-corrected chi connectivity index (χ1v) is 16.5. The minimum absolute atomic E-state index is 0.844. The highest BCUT2D eigenvalue weighted by atomic mass is 15.0. The first kappa shape index (κ1) is 28.6. The summed E-state index contributed by atoms with van der Waals surface area (Å²) in [4.78, 5) is 9.48. The van der Waals surface area contributed by atoms with Crippen LogP contribution in [0.4, 0.5) is 0 Å². The number of aromatic nitrogens is 3. The van der Waals surface area contributed by atoms with E-state index in [-0.39, 0.29) is 0 Å². The van der Waals surface area contributed by atoms with Crippen LogP contribution in [0.3, 0.4) is 0 Å². The van der Waals surface area contributed by atoms with E-state index in [4.69, 9.17) is 4.98 Å². The molecule has 49 heavy (non-hydrogen) atoms. The Bertz CT molecular complexity index is 2740. The Morgan fingerprint density at radius 2 is 1.10 bits per heavy atom. The zero-order chi connectivity index (χ0) is 32.9. The lowest BCUT2D eigenvalue weighted by Gasteiger charge is -2.20. The van der Waals surface area contributed by atoms with Gasteiger partial charge in [0, 0.05) is 22.7 Å². The fourth-order valence-electron chi connectivity index (χ4n) is 7.45. The molecule has 0 radical (unpaired) electrons. The molecule has 0 aliphatic rings. The zero-order valence-electron chi connectivity index (χ0n) is 26.8. The molecule has 9 rings (SSSR count). The molecule has 0 bridgehead atoms. The standard InChI is InChI=1S/C46H31N3/c1-3-35-36(4-2)46(38-19-11-10-18-37(38)45(35)32-22-21-30-14-8-9-15-31(30)26-32)33-23-24-43-39(27-33)40-28-42(41-20-12-13-25-47-41)48-29-44(40)49(43)34-16-6-5-7-17-34/h3-29H,1-2H2. The summed E-state index contributed by atoms with van der Waals surface area (Å²) in [6, 6.07) is 49.4. The summed E-state index contributed by atoms with van der Waals surface area (Å²) in [5, 5.41) is 7.06. The van der Waals surface area contributed by atoms with Crippen molar-refractivity contribution in [3.63, 3.8) is 0 Å². The number of para-hydroxylation sites is 1. The molecular formula is C46H31N3. The van der Waals surface area contributed by atoms with Crippen LogP contribution in [-0.4, -0.2) is 14.5 Å². The van der Waals surface area contributed by atoms with Gasteiger partial charge in [-0.25, -0.2) is 0 Å². The lowest BCUT2D eigenvalue weighted by atomic mass is 9.83. The van der Waals surface area contributed by atoms with Crippen molar-refractivity contribution < 1.29 is 0 Å². The Kier molecular flexibility index (Phi) is 6.77. The van der Waals surface area contributed by atoms with Crippen molar-refractivity contribution in [1.29, 1.82) is 0 Å². The Morgan fingerprint density at radius 3 is 1.82 bits per heavy atom. The molecule has 0 saturated heterocycles. The fraction of sp³-hybridized carbons (Fsp3) is 0. The number of hydrogen-bond donors (Lipinski definition) is 0. The lowest BCUT2D eigenvalue weighted by molar-refractivity contribution is 1.16. The third kappa shape index (κ3) is 4.59. The van der Waals surface area contributed by atoms with Crippen LogP contribution < -0.4 is 0 Å². The van der Waals surface area contributed by atoms with Gasteiger partial charge in [0.25, 0.3) is 0 Å². The molecular weight excluding hydrogens is 595 g/mol. The van der Waals surface area contributed by atoms with Gasteiger partial charge in [0.1, 0.15) is 0 Å². The van der Waals surface area contributed by atoms with Gasteiger partial charge in [-0.15, -0.1) is 0 Å². The van der Waals surface area contributed by atoms with Crippen molar-refractivity contribution >= 4 is 55.5 Å². The van der Waals surface area contributed by atoms with Gasteiger partial charge in [0.2, 0.25) is 0 Å². The van der Waals surface area contributed by atoms with Gasteiger partial charge >= 0.3 is 0 Å². The molecule has 0 atom stereocenters. The Balaban J connectivity index is 1.34. The third-order valence-electron chi connectivity index (χ3n) is 9.62. The molecule has 0 amide bonds. The average Bonchev–Trinajstić information content (AvgIpc) is 3.50. The number of rotatable bonds is 6. The maximum Gasteiger partial charge on any atom is 0.0893 e. The van der Waals surface area contributed by atoms with Crippen molar-refractivity contribution in [1.82, 2.24) is 14.5 Å². The van der Waals surface area contributed by atoms with E-state index in [1.807, 2.05) is 48.8 Å². The summed E-state index contributed by atoms with van der Waals surface area (Å²) in [5.41, 5.74) is 11.7. The van der Waals surface area contributed by atoms with Crippen molar-refractivity contribution in [2.24, 2.45) is 0 Å². The van der Waals surface area contributed by atoms with Crippen LogP contribution in [0, 0.1) is 0 Å². The molecule has 3 nitrogen and oxygen atoms in total. The van der Waals surface area contributed by atoms with E-state index in [1.54, 1.807) is 0 Å². The second-order valence-electron chi connectivity index (χ2n) is 12.3. The highest BCUT2D eigenvalue weighted by Crippen LogP contribution is 2.45. The molecule has 0 spiro atoms. The molecule has 3 aromatic heterocycles. The number of benzene rings is 6. The predicted octanol–water partition coefficient (Wildman–Crippen LogP) is 12.2. The van der Waals surface area contributed by atoms with E-state index in [1.165, 1.54) is 27.1 Å². The van der Waals surface area contributed by atoms with Crippen molar-refractivity contribution in [3.8, 4) is 39.3 Å². The van der Waals surface area contributed by atoms with Crippen LogP contribution in [0.1, 0.15) is 11.1 Å². The minimum atomic E-state index is 0.844. The van der Waals surface area contributed by atoms with Crippen LogP contribution >= 0.6 is 0 Å². The van der Waals surface area contributed by atoms with Gasteiger partial charge in [0.15, 0.2) is 0 Å². The normalized spacial score (nSPS) is 11.4. The summed E-state index contributed by atoms with van der Waals surface area (Å²) >= 11 is 0. The molecule has 6 aromatic carbocycles. The fourth-order valence-corrected chi connectivity index (χ4v) is 7.45. The van der Waals surface area contributed by atoms with Crippen LogP contribution in [-0.2, 0) is 0 Å². The van der Waals surface area contributed by atoms with Crippen LogP contribution in [0.2, 0.25) is 0 Å². The number of hydrogen-bond acceptors (Lipinski definition) is 2. The molecule has 3 heterocycles. The number of fused-ring (bicyclic) bond motifs is 5. The van der Waals surface area contributed by atoms with Gasteiger partial charge < -0.3 is 4.57 Å². The topological polar surface area (TPSA) is 30.7 Å². The summed E-state index contributed by atoms with van der Waals surface area (Å²) in [6.07, 6.45) is 7.77. The highest BCUT2D eigenvalue weighted by molar-refractivity contribution is 6.15. The molecule has 0 unspecified atom stereocenters. The van der Waals surface area contributed by atoms with Crippen molar-refractivity contribution in [2.75, 3.05) is 0 Å². The molecule has 0 N–H and O–H groups in total. The minimum Gasteiger partial charge on any atom is -0.308 e. The molecule has 3 heteroatoms. The second kappa shape index (κ2) is 11.6. The second-order valence-corrected chi connectivity index (χ2v) is 12.3. The van der Waals surface area contributed by atoms with Crippen LogP contribution in [0.25, 0.3) is 94.8 Å². The number of nitrogens with zero attached hydrogens (tertiary/aromatic N) is 3. The summed E-state index contributed by atoms with van der Waals surface area (Å²) in [6.45, 7) is 8.68. The van der Waals surface area contributed by atoms with E-state index in [0.717, 1.165) is 66.7 Å². The predicted molar refractivity (Wildman–Crippen MR) is 208 cm³/mol. The van der Waals surface area contributed by atoms with E-state index < -0.39 is 0 Å². The summed E-state index contributed by atoms with van der Waals surface area (Å²) < 4.78 is 2.30. The van der Waals surface area contributed by atoms with E-state index in [2.05, 4.69) is 138 Å². The summed E-state index contributed by atoms with van der Waals surface area (Å²) in [5.74, 6) is 0. The van der Waals surface area contributed by atoms with Gasteiger partial charge in [-0.3, -0.25) is 9.97 Å². The maximum absolute atomic E-state index is 4.88. The maximum atomic E-state index is 4.88. The monoisotopic (exact) mass is 625 g/mol. The Morgan fingerprint density at radius 1 is 0.469 bits per heavy atom. The van der Waals surface area contributed by atoms with Gasteiger partial charge in [-0.1, -0.05) is 116 Å². The number of pyridine rings is 2. The smallest absolute Gasteiger partial charge is 0.0893 e. The van der Waals surface area contributed by atoms with Gasteiger partial charge in [-0.05, 0) is 103 Å². The Hall–Kier alpha value is -6.58. The first-order chi connectivity index (χ1) is 24.2. The van der Waals surface area contributed by atoms with Gasteiger partial charge in [-0.2, -0.15) is 0 Å². The largest absolute Gasteiger partial charge is 0.308 e. The molecule has 230 valence electrons. The average molecular weight is 626 g/mol. The van der Waals surface area contributed by atoms with Crippen LogP contribution in [0.15, 0.2) is 165 Å². The zero-order valence-corrected chi connectivity index (χ0v) is 26.8. The molecule has 0 fully saturated rings. The molecule has 9 aromatic rings. The SMILES string of the molecule is C=Cc1c(C=C)c(-c2ccc3c(c2)c2cc(-c4ccccn4)ncc2n3-c2ccccc2)c2ccccc2c1-c1ccc2ccccc2c1. The van der Waals surface area contributed by atoms with Crippen LogP contribution in [0.5, 0.6) is 0 Å². The molecule has 0 aliphatic heterocycles. The van der Waals surface area contributed by atoms with E-state index in [9.17, 15) is 0 Å². The molecule has 0 aliphatic carbocycles. The highest BCUT2D eigenvalue weighted by Gasteiger charge is 2.21. The first-order valence-electron chi connectivity index (χ1n) is 16.5. The van der Waals surface area contributed by atoms with E-state index >= 15 is 0 Å². The van der Waals surface area contributed by atoms with Gasteiger partial charge in [0.05, 0.1) is 28.6 Å². The lowest BCUT2D eigenvalue weighted by Crippen LogP contribution is -1.96. The third-order valence-corrected chi connectivity index (χ3v) is 9.62. The quantitative estimate of drug-likeness (QED) is 0.184. The van der Waals surface area contributed by atoms with Crippen molar-refractivity contribution in [2.45, 2.75) is 0 Å².